The first-order chi connectivity index (χ1) is 8.70. The van der Waals surface area contributed by atoms with Crippen molar-refractivity contribution >= 4 is 28.6 Å². The van der Waals surface area contributed by atoms with Crippen molar-refractivity contribution in [2.75, 3.05) is 11.9 Å². The number of ether oxygens (including phenoxy) is 1. The van der Waals surface area contributed by atoms with Gasteiger partial charge in [0.05, 0.1) is 16.6 Å². The van der Waals surface area contributed by atoms with Crippen LogP contribution in [0.3, 0.4) is 0 Å². The van der Waals surface area contributed by atoms with Crippen molar-refractivity contribution in [3.8, 4) is 5.75 Å². The maximum Gasteiger partial charge on any atom is 0.142 e. The molecule has 0 aliphatic carbocycles. The Kier molecular flexibility index (Phi) is 4.50. The van der Waals surface area contributed by atoms with Crippen molar-refractivity contribution in [1.29, 1.82) is 0 Å². The zero-order valence-corrected chi connectivity index (χ0v) is 12.0. The summed E-state index contributed by atoms with van der Waals surface area (Å²) >= 11 is 7.51. The van der Waals surface area contributed by atoms with Gasteiger partial charge in [0.2, 0.25) is 0 Å². The van der Waals surface area contributed by atoms with Crippen molar-refractivity contribution < 1.29 is 4.74 Å². The second-order valence-corrected chi connectivity index (χ2v) is 5.52. The SMILES string of the molecule is CCOc1ccccc1NC(C)c1csc(Cl)c1. The van der Waals surface area contributed by atoms with Crippen LogP contribution >= 0.6 is 22.9 Å². The number of anilines is 1. The standard InChI is InChI=1S/C14H16ClNOS/c1-3-17-13-7-5-4-6-12(13)16-10(2)11-8-14(15)18-9-11/h4-10,16H,3H2,1-2H3. The predicted molar refractivity (Wildman–Crippen MR) is 79.0 cm³/mol. The summed E-state index contributed by atoms with van der Waals surface area (Å²) in [5.74, 6) is 0.883. The van der Waals surface area contributed by atoms with Gasteiger partial charge >= 0.3 is 0 Å². The van der Waals surface area contributed by atoms with E-state index in [9.17, 15) is 0 Å². The third-order valence-corrected chi connectivity index (χ3v) is 3.76. The lowest BCUT2D eigenvalue weighted by Gasteiger charge is -2.17. The highest BCUT2D eigenvalue weighted by Gasteiger charge is 2.10. The van der Waals surface area contributed by atoms with Gasteiger partial charge in [0.1, 0.15) is 5.75 Å². The van der Waals surface area contributed by atoms with Crippen LogP contribution in [-0.4, -0.2) is 6.61 Å². The molecule has 0 saturated carbocycles. The fourth-order valence-corrected chi connectivity index (χ4v) is 2.72. The summed E-state index contributed by atoms with van der Waals surface area (Å²) in [5.41, 5.74) is 2.20. The first-order valence-corrected chi connectivity index (χ1v) is 7.18. The zero-order valence-electron chi connectivity index (χ0n) is 10.4. The second-order valence-electron chi connectivity index (χ2n) is 3.98. The molecule has 2 nitrogen and oxygen atoms in total. The number of hydrogen-bond donors (Lipinski definition) is 1. The van der Waals surface area contributed by atoms with Gasteiger partial charge in [-0.05, 0) is 43.0 Å². The maximum absolute atomic E-state index is 5.95. The molecule has 96 valence electrons. The summed E-state index contributed by atoms with van der Waals surface area (Å²) in [7, 11) is 0. The van der Waals surface area contributed by atoms with E-state index in [4.69, 9.17) is 16.3 Å². The van der Waals surface area contributed by atoms with E-state index in [1.54, 1.807) is 11.3 Å². The molecule has 4 heteroatoms. The quantitative estimate of drug-likeness (QED) is 0.835. The van der Waals surface area contributed by atoms with Crippen molar-refractivity contribution in [3.05, 3.63) is 45.6 Å². The first-order valence-electron chi connectivity index (χ1n) is 5.93. The van der Waals surface area contributed by atoms with E-state index in [2.05, 4.69) is 17.6 Å². The molecule has 1 unspecified atom stereocenters. The number of halogens is 1. The molecule has 2 aromatic rings. The Hall–Kier alpha value is -1.19. The van der Waals surface area contributed by atoms with Crippen LogP contribution in [0, 0.1) is 0 Å². The van der Waals surface area contributed by atoms with Gasteiger partial charge in [0.25, 0.3) is 0 Å². The van der Waals surface area contributed by atoms with Crippen LogP contribution in [0.5, 0.6) is 5.75 Å². The Balaban J connectivity index is 2.13. The van der Waals surface area contributed by atoms with Crippen molar-refractivity contribution in [1.82, 2.24) is 0 Å². The molecular weight excluding hydrogens is 266 g/mol. The molecule has 1 aromatic heterocycles. The lowest BCUT2D eigenvalue weighted by atomic mass is 10.1. The molecule has 18 heavy (non-hydrogen) atoms. The van der Waals surface area contributed by atoms with E-state index >= 15 is 0 Å². The van der Waals surface area contributed by atoms with Crippen LogP contribution in [0.4, 0.5) is 5.69 Å². The monoisotopic (exact) mass is 281 g/mol. The third-order valence-electron chi connectivity index (χ3n) is 2.65. The molecule has 0 aliphatic heterocycles. The molecule has 1 atom stereocenters. The number of rotatable bonds is 5. The topological polar surface area (TPSA) is 21.3 Å². The number of hydrogen-bond acceptors (Lipinski definition) is 3. The summed E-state index contributed by atoms with van der Waals surface area (Å²) in [4.78, 5) is 0. The van der Waals surface area contributed by atoms with Gasteiger partial charge in [-0.1, -0.05) is 23.7 Å². The highest BCUT2D eigenvalue weighted by atomic mass is 35.5. The minimum Gasteiger partial charge on any atom is -0.492 e. The molecule has 2 rings (SSSR count). The Morgan fingerprint density at radius 1 is 1.39 bits per heavy atom. The summed E-state index contributed by atoms with van der Waals surface area (Å²) in [6.45, 7) is 4.76. The van der Waals surface area contributed by atoms with Gasteiger partial charge in [-0.3, -0.25) is 0 Å². The maximum atomic E-state index is 5.95. The molecule has 0 spiro atoms. The minimum absolute atomic E-state index is 0.204. The highest BCUT2D eigenvalue weighted by molar-refractivity contribution is 7.14. The van der Waals surface area contributed by atoms with E-state index in [0.29, 0.717) is 6.61 Å². The Labute approximate surface area is 117 Å². The van der Waals surface area contributed by atoms with Crippen LogP contribution < -0.4 is 10.1 Å². The molecule has 1 heterocycles. The predicted octanol–water partition coefficient (Wildman–Crippen LogP) is 4.97. The number of nitrogens with one attached hydrogen (secondary N) is 1. The largest absolute Gasteiger partial charge is 0.492 e. The lowest BCUT2D eigenvalue weighted by Crippen LogP contribution is -2.07. The fraction of sp³-hybridized carbons (Fsp3) is 0.286. The van der Waals surface area contributed by atoms with Crippen molar-refractivity contribution in [3.63, 3.8) is 0 Å². The third kappa shape index (κ3) is 3.18. The molecule has 0 bridgehead atoms. The van der Waals surface area contributed by atoms with Crippen molar-refractivity contribution in [2.45, 2.75) is 19.9 Å². The average Bonchev–Trinajstić information content (AvgIpc) is 2.79. The van der Waals surface area contributed by atoms with Gasteiger partial charge in [-0.15, -0.1) is 11.3 Å². The van der Waals surface area contributed by atoms with E-state index < -0.39 is 0 Å². The van der Waals surface area contributed by atoms with Crippen molar-refractivity contribution in [2.24, 2.45) is 0 Å². The smallest absolute Gasteiger partial charge is 0.142 e. The van der Waals surface area contributed by atoms with Crippen LogP contribution in [0.25, 0.3) is 0 Å². The van der Waals surface area contributed by atoms with Gasteiger partial charge in [-0.2, -0.15) is 0 Å². The first kappa shape index (κ1) is 13.2. The second kappa shape index (κ2) is 6.12. The highest BCUT2D eigenvalue weighted by Crippen LogP contribution is 2.30. The molecule has 0 amide bonds. The molecule has 0 aliphatic rings. The van der Waals surface area contributed by atoms with E-state index in [-0.39, 0.29) is 6.04 Å². The van der Waals surface area contributed by atoms with Crippen LogP contribution in [0.2, 0.25) is 4.34 Å². The molecular formula is C14H16ClNOS. The summed E-state index contributed by atoms with van der Waals surface area (Å²) in [6.07, 6.45) is 0. The normalized spacial score (nSPS) is 12.2. The molecule has 0 radical (unpaired) electrons. The Morgan fingerprint density at radius 2 is 2.17 bits per heavy atom. The fourth-order valence-electron chi connectivity index (χ4n) is 1.73. The Morgan fingerprint density at radius 3 is 2.83 bits per heavy atom. The van der Waals surface area contributed by atoms with Crippen LogP contribution in [-0.2, 0) is 0 Å². The molecule has 1 N–H and O–H groups in total. The summed E-state index contributed by atoms with van der Waals surface area (Å²) in [6, 6.07) is 10.2. The number of benzene rings is 1. The molecule has 0 saturated heterocycles. The van der Waals surface area contributed by atoms with Gasteiger partial charge in [0.15, 0.2) is 0 Å². The van der Waals surface area contributed by atoms with Gasteiger partial charge in [0, 0.05) is 6.04 Å². The van der Waals surface area contributed by atoms with E-state index in [1.165, 1.54) is 5.56 Å². The molecule has 1 aromatic carbocycles. The van der Waals surface area contributed by atoms with E-state index in [1.807, 2.05) is 37.3 Å². The Bertz CT molecular complexity index is 512. The van der Waals surface area contributed by atoms with Gasteiger partial charge < -0.3 is 10.1 Å². The van der Waals surface area contributed by atoms with Crippen LogP contribution in [0.15, 0.2) is 35.7 Å². The van der Waals surface area contributed by atoms with Crippen LogP contribution in [0.1, 0.15) is 25.5 Å². The molecule has 0 fully saturated rings. The summed E-state index contributed by atoms with van der Waals surface area (Å²) < 4.78 is 6.41. The average molecular weight is 282 g/mol. The lowest BCUT2D eigenvalue weighted by molar-refractivity contribution is 0.341. The van der Waals surface area contributed by atoms with E-state index in [0.717, 1.165) is 15.8 Å². The number of thiophene rings is 1. The number of para-hydroxylation sites is 2. The minimum atomic E-state index is 0.204. The summed E-state index contributed by atoms with van der Waals surface area (Å²) in [5, 5.41) is 5.52. The van der Waals surface area contributed by atoms with Gasteiger partial charge in [-0.25, -0.2) is 0 Å². The zero-order chi connectivity index (χ0) is 13.0.